The summed E-state index contributed by atoms with van der Waals surface area (Å²) < 4.78 is 30.6. The van der Waals surface area contributed by atoms with E-state index >= 15 is 0 Å². The minimum Gasteiger partial charge on any atom is -0.722 e. The summed E-state index contributed by atoms with van der Waals surface area (Å²) in [7, 11) is -4.52. The second kappa shape index (κ2) is 1.52. The molecule has 5 nitrogen and oxygen atoms in total. The van der Waals surface area contributed by atoms with Gasteiger partial charge in [0, 0.05) is 0 Å². The van der Waals surface area contributed by atoms with Crippen molar-refractivity contribution in [3.05, 3.63) is 0 Å². The fourth-order valence-corrected chi connectivity index (χ4v) is 0. The molecule has 0 aliphatic heterocycles. The highest BCUT2D eigenvalue weighted by atomic mass is 32.3. The van der Waals surface area contributed by atoms with Crippen LogP contribution in [0.5, 0.6) is 0 Å². The first-order valence-electron chi connectivity index (χ1n) is 0.955. The number of hydrogen-bond donors (Lipinski definition) is 1. The van der Waals surface area contributed by atoms with Gasteiger partial charge in [0.1, 0.15) is 0 Å². The van der Waals surface area contributed by atoms with Crippen molar-refractivity contribution in [2.24, 2.45) is 0 Å². The molecule has 0 amide bonds. The Morgan fingerprint density at radius 3 is 1.83 bits per heavy atom. The Hall–Kier alpha value is -0.170. The van der Waals surface area contributed by atoms with Gasteiger partial charge >= 0.3 is 0 Å². The van der Waals surface area contributed by atoms with E-state index in [2.05, 4.69) is 10.2 Å². The third kappa shape index (κ3) is 3.83. The Labute approximate surface area is 34.6 Å². The molecule has 0 aromatic rings. The van der Waals surface area contributed by atoms with Gasteiger partial charge in [-0.1, -0.05) is 4.28 Å². The fourth-order valence-electron chi connectivity index (χ4n) is 0. The van der Waals surface area contributed by atoms with E-state index in [4.69, 9.17) is 13.0 Å². The van der Waals surface area contributed by atoms with E-state index in [1.165, 1.54) is 0 Å². The van der Waals surface area contributed by atoms with Gasteiger partial charge in [0.15, 0.2) is 0 Å². The third-order valence-corrected chi connectivity index (χ3v) is 0.433. The Kier molecular flexibility index (Phi) is 1.48. The number of quaternary nitrogens is 1. The highest BCUT2D eigenvalue weighted by Gasteiger charge is 1.84. The highest BCUT2D eigenvalue weighted by Crippen LogP contribution is 1.68. The van der Waals surface area contributed by atoms with Crippen molar-refractivity contribution in [2.45, 2.75) is 0 Å². The molecule has 0 spiro atoms. The number of rotatable bonds is 1. The Morgan fingerprint density at radius 2 is 1.83 bits per heavy atom. The van der Waals surface area contributed by atoms with E-state index in [0.717, 1.165) is 0 Å². The average molecular weight is 113 g/mol. The molecule has 0 heterocycles. The van der Waals surface area contributed by atoms with Gasteiger partial charge in [-0.05, 0) is 0 Å². The normalized spacial score (nSPS) is 11.7. The minimum atomic E-state index is -4.52. The second-order valence-electron chi connectivity index (χ2n) is 0.526. The van der Waals surface area contributed by atoms with Crippen LogP contribution in [0, 0.1) is 0 Å². The van der Waals surface area contributed by atoms with E-state index < -0.39 is 10.4 Å². The smallest absolute Gasteiger partial charge is 0.268 e. The van der Waals surface area contributed by atoms with Crippen LogP contribution in [0.3, 0.4) is 0 Å². The van der Waals surface area contributed by atoms with Crippen LogP contribution < -0.4 is 5.90 Å². The van der Waals surface area contributed by atoms with Crippen LogP contribution >= 0.6 is 0 Å². The van der Waals surface area contributed by atoms with Gasteiger partial charge in [0.25, 0.3) is 10.4 Å². The topological polar surface area (TPSA) is 94.1 Å². The Balaban J connectivity index is 3.85. The van der Waals surface area contributed by atoms with Crippen LogP contribution in [0.2, 0.25) is 0 Å². The van der Waals surface area contributed by atoms with E-state index in [-0.39, 0.29) is 0 Å². The van der Waals surface area contributed by atoms with Crippen molar-refractivity contribution in [2.75, 3.05) is 0 Å². The maximum Gasteiger partial charge on any atom is 0.268 e. The maximum absolute atomic E-state index is 9.16. The van der Waals surface area contributed by atoms with Gasteiger partial charge in [0.2, 0.25) is 0 Å². The van der Waals surface area contributed by atoms with Crippen molar-refractivity contribution >= 4 is 10.4 Å². The highest BCUT2D eigenvalue weighted by molar-refractivity contribution is 7.80. The SMILES string of the molecule is [NH3+]OS(=O)(=O)[O-]. The van der Waals surface area contributed by atoms with E-state index in [9.17, 15) is 0 Å². The molecule has 3 N–H and O–H groups in total. The molecular weight excluding hydrogens is 110 g/mol. The van der Waals surface area contributed by atoms with Crippen molar-refractivity contribution < 1.29 is 23.2 Å². The summed E-state index contributed by atoms with van der Waals surface area (Å²) in [5.41, 5.74) is 0. The van der Waals surface area contributed by atoms with Gasteiger partial charge in [-0.2, -0.15) is 5.90 Å². The molecule has 0 aliphatic rings. The van der Waals surface area contributed by atoms with Crippen LogP contribution in [0.1, 0.15) is 0 Å². The van der Waals surface area contributed by atoms with Crippen molar-refractivity contribution in [3.63, 3.8) is 0 Å². The first kappa shape index (κ1) is 5.83. The lowest BCUT2D eigenvalue weighted by molar-refractivity contribution is -0.637. The molecule has 0 saturated carbocycles. The Morgan fingerprint density at radius 1 is 1.67 bits per heavy atom. The number of hydrogen-bond acceptors (Lipinski definition) is 4. The standard InChI is InChI=1S/H3NO4S/c1-5-6(2,3)4/h1H3. The van der Waals surface area contributed by atoms with Gasteiger partial charge in [-0.3, -0.25) is 0 Å². The average Bonchev–Trinajstić information content (AvgIpc) is 1.35. The van der Waals surface area contributed by atoms with Crippen molar-refractivity contribution in [3.8, 4) is 0 Å². The molecule has 0 unspecified atom stereocenters. The molecule has 0 atom stereocenters. The summed E-state index contributed by atoms with van der Waals surface area (Å²) >= 11 is 0. The molecular formula is H3NO4S. The fraction of sp³-hybridized carbons (Fsp3) is 0. The molecule has 0 bridgehead atoms. The van der Waals surface area contributed by atoms with Gasteiger partial charge in [0.05, 0.1) is 0 Å². The quantitative estimate of drug-likeness (QED) is 0.233. The Bertz CT molecular complexity index is 110. The molecule has 0 rings (SSSR count). The maximum atomic E-state index is 9.16. The van der Waals surface area contributed by atoms with Crippen LogP contribution in [-0.4, -0.2) is 13.0 Å². The predicted molar refractivity (Wildman–Crippen MR) is 13.7 cm³/mol. The monoisotopic (exact) mass is 113 g/mol. The lowest BCUT2D eigenvalue weighted by Crippen LogP contribution is -2.50. The lowest BCUT2D eigenvalue weighted by Gasteiger charge is -1.93. The van der Waals surface area contributed by atoms with Gasteiger partial charge < -0.3 is 4.55 Å². The molecule has 0 aromatic heterocycles. The third-order valence-electron chi connectivity index (χ3n) is 0.144. The second-order valence-corrected chi connectivity index (χ2v) is 1.58. The summed E-state index contributed by atoms with van der Waals surface area (Å²) in [4.78, 5) is 0. The zero-order valence-electron chi connectivity index (χ0n) is 2.75. The van der Waals surface area contributed by atoms with Gasteiger partial charge in [-0.25, -0.2) is 8.42 Å². The molecule has 0 aliphatic carbocycles. The van der Waals surface area contributed by atoms with Crippen LogP contribution in [-0.2, 0) is 14.7 Å². The molecule has 0 saturated heterocycles. The zero-order chi connectivity index (χ0) is 5.21. The summed E-state index contributed by atoms with van der Waals surface area (Å²) in [6.45, 7) is 0. The zero-order valence-corrected chi connectivity index (χ0v) is 3.56. The molecule has 38 valence electrons. The van der Waals surface area contributed by atoms with Gasteiger partial charge in [-0.15, -0.1) is 0 Å². The molecule has 0 fully saturated rings. The van der Waals surface area contributed by atoms with E-state index in [0.29, 0.717) is 0 Å². The molecule has 6 heavy (non-hydrogen) atoms. The first-order valence-corrected chi connectivity index (χ1v) is 2.29. The summed E-state index contributed by atoms with van der Waals surface area (Å²) in [5, 5.41) is 0. The van der Waals surface area contributed by atoms with E-state index in [1.54, 1.807) is 0 Å². The minimum absolute atomic E-state index is 2.36. The summed E-state index contributed by atoms with van der Waals surface area (Å²) in [5.74, 6) is 2.36. The summed E-state index contributed by atoms with van der Waals surface area (Å²) in [6, 6.07) is 0. The molecule has 0 radical (unpaired) electrons. The lowest BCUT2D eigenvalue weighted by atomic mass is 13.6. The molecule has 0 aromatic carbocycles. The predicted octanol–water partition coefficient (Wildman–Crippen LogP) is -2.38. The van der Waals surface area contributed by atoms with Crippen molar-refractivity contribution in [1.29, 1.82) is 0 Å². The van der Waals surface area contributed by atoms with E-state index in [1.807, 2.05) is 0 Å². The van der Waals surface area contributed by atoms with Crippen LogP contribution in [0.4, 0.5) is 0 Å². The summed E-state index contributed by atoms with van der Waals surface area (Å²) in [6.07, 6.45) is 0. The largest absolute Gasteiger partial charge is 0.722 e. The molecule has 6 heteroatoms. The van der Waals surface area contributed by atoms with Crippen LogP contribution in [0.15, 0.2) is 0 Å². The first-order chi connectivity index (χ1) is 2.56. The van der Waals surface area contributed by atoms with Crippen molar-refractivity contribution in [1.82, 2.24) is 0 Å². The van der Waals surface area contributed by atoms with Crippen LogP contribution in [0.25, 0.3) is 0 Å².